The first-order chi connectivity index (χ1) is 28.3. The van der Waals surface area contributed by atoms with Crippen LogP contribution < -0.4 is 9.80 Å². The number of hydrogen-bond donors (Lipinski definition) is 0. The van der Waals surface area contributed by atoms with E-state index in [1.54, 1.807) is 0 Å². The summed E-state index contributed by atoms with van der Waals surface area (Å²) in [6.45, 7) is 0. The highest BCUT2D eigenvalue weighted by Gasteiger charge is 2.62. The van der Waals surface area contributed by atoms with Crippen molar-refractivity contribution in [2.45, 2.75) is 31.1 Å². The maximum absolute atomic E-state index is 2.63. The molecule has 0 N–H and O–H groups in total. The first kappa shape index (κ1) is 33.7. The quantitative estimate of drug-likeness (QED) is 0.153. The van der Waals surface area contributed by atoms with Gasteiger partial charge < -0.3 is 9.80 Å². The van der Waals surface area contributed by atoms with E-state index in [0.29, 0.717) is 11.8 Å². The fourth-order valence-corrected chi connectivity index (χ4v) is 11.1. The van der Waals surface area contributed by atoms with Gasteiger partial charge in [0.2, 0.25) is 0 Å². The molecular weight excluding hydrogens is 689 g/mol. The smallest absolute Gasteiger partial charge is 0.0618 e. The molecule has 1 saturated carbocycles. The van der Waals surface area contributed by atoms with Crippen LogP contribution in [0.4, 0.5) is 34.1 Å². The highest BCUT2D eigenvalue weighted by Crippen LogP contribution is 2.69. The molecule has 0 amide bonds. The Kier molecular flexibility index (Phi) is 8.17. The number of fused-ring (bicyclic) bond motifs is 2. The van der Waals surface area contributed by atoms with E-state index in [1.807, 2.05) is 0 Å². The summed E-state index contributed by atoms with van der Waals surface area (Å²) in [5.74, 6) is 1.04. The molecule has 8 aromatic carbocycles. The molecule has 1 spiro atoms. The van der Waals surface area contributed by atoms with Gasteiger partial charge in [0, 0.05) is 33.6 Å². The van der Waals surface area contributed by atoms with Crippen LogP contribution in [0.2, 0.25) is 0 Å². The van der Waals surface area contributed by atoms with Gasteiger partial charge in [-0.2, -0.15) is 0 Å². The Morgan fingerprint density at radius 1 is 0.351 bits per heavy atom. The Morgan fingerprint density at radius 3 is 1.16 bits per heavy atom. The molecule has 2 nitrogen and oxygen atoms in total. The van der Waals surface area contributed by atoms with Gasteiger partial charge in [0.05, 0.1) is 17.1 Å². The highest BCUT2D eigenvalue weighted by atomic mass is 15.2. The van der Waals surface area contributed by atoms with Crippen molar-refractivity contribution >= 4 is 34.1 Å². The van der Waals surface area contributed by atoms with Crippen LogP contribution in [0, 0.1) is 11.8 Å². The lowest BCUT2D eigenvalue weighted by molar-refractivity contribution is 0.350. The van der Waals surface area contributed by atoms with Gasteiger partial charge in [-0.1, -0.05) is 158 Å². The Labute approximate surface area is 336 Å². The van der Waals surface area contributed by atoms with Gasteiger partial charge in [-0.05, 0) is 119 Å². The van der Waals surface area contributed by atoms with Crippen LogP contribution >= 0.6 is 0 Å². The molecule has 3 aliphatic rings. The summed E-state index contributed by atoms with van der Waals surface area (Å²) in [4.78, 5) is 5.15. The van der Waals surface area contributed by atoms with Crippen molar-refractivity contribution in [3.63, 3.8) is 0 Å². The topological polar surface area (TPSA) is 6.48 Å². The molecule has 3 unspecified atom stereocenters. The van der Waals surface area contributed by atoms with Crippen LogP contribution in [0.5, 0.6) is 0 Å². The fraction of sp³-hybridized carbons (Fsp3) is 0.127. The van der Waals surface area contributed by atoms with Gasteiger partial charge >= 0.3 is 0 Å². The van der Waals surface area contributed by atoms with Crippen molar-refractivity contribution in [2.24, 2.45) is 11.8 Å². The maximum atomic E-state index is 2.63. The molecule has 2 heteroatoms. The van der Waals surface area contributed by atoms with E-state index in [-0.39, 0.29) is 5.41 Å². The van der Waals surface area contributed by atoms with E-state index in [0.717, 1.165) is 12.8 Å². The Hall–Kier alpha value is -6.64. The van der Waals surface area contributed by atoms with Crippen molar-refractivity contribution in [2.75, 3.05) is 9.80 Å². The van der Waals surface area contributed by atoms with E-state index in [9.17, 15) is 0 Å². The Bertz CT molecular complexity index is 2590. The summed E-state index contributed by atoms with van der Waals surface area (Å²) in [5, 5.41) is 0. The summed E-state index contributed by atoms with van der Waals surface area (Å²) < 4.78 is 0. The number of anilines is 6. The van der Waals surface area contributed by atoms with E-state index < -0.39 is 0 Å². The van der Waals surface area contributed by atoms with E-state index in [4.69, 9.17) is 0 Å². The molecule has 1 fully saturated rings. The molecule has 0 saturated heterocycles. The number of benzene rings is 8. The maximum Gasteiger partial charge on any atom is 0.0618 e. The molecule has 3 atom stereocenters. The highest BCUT2D eigenvalue weighted by molar-refractivity contribution is 5.99. The average Bonchev–Trinajstić information content (AvgIpc) is 3.92. The standard InChI is InChI=1S/C55H44N2/c1-6-19-39(20-7-1)48-31-18-32-49(40-21-8-2-9-22-40)54(48)57(47-29-14-5-15-30-47)51-34-17-24-42-38-44-36-35-43-37-41-23-16-33-50(52(41)55(43,44)53(42)51)56(45-25-10-3-11-26-45)46-27-12-4-13-28-46/h1-34,43-44H,35-38H2. The molecule has 0 aromatic heterocycles. The van der Waals surface area contributed by atoms with Gasteiger partial charge in [-0.25, -0.2) is 0 Å². The van der Waals surface area contributed by atoms with Crippen molar-refractivity contribution in [1.29, 1.82) is 0 Å². The molecule has 274 valence electrons. The second-order valence-corrected chi connectivity index (χ2v) is 16.0. The average molecular weight is 733 g/mol. The Balaban J connectivity index is 1.22. The lowest BCUT2D eigenvalue weighted by Gasteiger charge is -2.40. The second kappa shape index (κ2) is 13.8. The van der Waals surface area contributed by atoms with E-state index in [1.165, 1.54) is 91.5 Å². The van der Waals surface area contributed by atoms with E-state index >= 15 is 0 Å². The zero-order valence-electron chi connectivity index (χ0n) is 32.0. The van der Waals surface area contributed by atoms with Gasteiger partial charge in [0.15, 0.2) is 0 Å². The second-order valence-electron chi connectivity index (χ2n) is 16.0. The number of nitrogens with zero attached hydrogens (tertiary/aromatic N) is 2. The Morgan fingerprint density at radius 2 is 0.719 bits per heavy atom. The number of para-hydroxylation sites is 4. The molecule has 0 radical (unpaired) electrons. The molecule has 0 heterocycles. The van der Waals surface area contributed by atoms with Crippen LogP contribution in [0.1, 0.15) is 35.1 Å². The SMILES string of the molecule is c1ccc(-c2cccc(-c3ccccc3)c2N(c2ccccc2)c2cccc3c2C24c5c(cccc5N(c5ccccc5)c5ccccc5)CC2CCC4C3)cc1. The van der Waals surface area contributed by atoms with Crippen LogP contribution in [0.25, 0.3) is 22.3 Å². The minimum atomic E-state index is -0.138. The van der Waals surface area contributed by atoms with Crippen molar-refractivity contribution in [3.8, 4) is 22.3 Å². The van der Waals surface area contributed by atoms with Gasteiger partial charge in [-0.3, -0.25) is 0 Å². The van der Waals surface area contributed by atoms with E-state index in [2.05, 4.69) is 216 Å². The summed E-state index contributed by atoms with van der Waals surface area (Å²) >= 11 is 0. The first-order valence-electron chi connectivity index (χ1n) is 20.5. The molecule has 11 rings (SSSR count). The summed E-state index contributed by atoms with van der Waals surface area (Å²) in [6.07, 6.45) is 4.68. The van der Waals surface area contributed by atoms with Crippen molar-refractivity contribution in [3.05, 3.63) is 229 Å². The lowest BCUT2D eigenvalue weighted by atomic mass is 9.68. The largest absolute Gasteiger partial charge is 0.310 e. The lowest BCUT2D eigenvalue weighted by Crippen LogP contribution is -2.34. The third-order valence-corrected chi connectivity index (χ3v) is 13.1. The van der Waals surface area contributed by atoms with Crippen LogP contribution in [-0.4, -0.2) is 0 Å². The van der Waals surface area contributed by atoms with Crippen LogP contribution in [-0.2, 0) is 18.3 Å². The normalized spacial score (nSPS) is 18.7. The zero-order valence-corrected chi connectivity index (χ0v) is 32.0. The molecule has 0 aliphatic heterocycles. The van der Waals surface area contributed by atoms with Crippen molar-refractivity contribution in [1.82, 2.24) is 0 Å². The molecule has 3 aliphatic carbocycles. The zero-order chi connectivity index (χ0) is 37.8. The van der Waals surface area contributed by atoms with Gasteiger partial charge in [0.25, 0.3) is 0 Å². The molecular formula is C55H44N2. The van der Waals surface area contributed by atoms with Crippen molar-refractivity contribution < 1.29 is 0 Å². The van der Waals surface area contributed by atoms with Gasteiger partial charge in [-0.15, -0.1) is 0 Å². The van der Waals surface area contributed by atoms with Gasteiger partial charge in [0.1, 0.15) is 0 Å². The summed E-state index contributed by atoms with van der Waals surface area (Å²) in [6, 6.07) is 76.2. The number of hydrogen-bond acceptors (Lipinski definition) is 2. The molecule has 8 aromatic rings. The van der Waals surface area contributed by atoms with Crippen LogP contribution in [0.3, 0.4) is 0 Å². The monoisotopic (exact) mass is 732 g/mol. The predicted molar refractivity (Wildman–Crippen MR) is 238 cm³/mol. The minimum absolute atomic E-state index is 0.138. The molecule has 57 heavy (non-hydrogen) atoms. The third kappa shape index (κ3) is 5.31. The first-order valence-corrected chi connectivity index (χ1v) is 20.5. The fourth-order valence-electron chi connectivity index (χ4n) is 11.1. The van der Waals surface area contributed by atoms with Crippen LogP contribution in [0.15, 0.2) is 206 Å². The summed E-state index contributed by atoms with van der Waals surface area (Å²) in [7, 11) is 0. The molecule has 0 bridgehead atoms. The predicted octanol–water partition coefficient (Wildman–Crippen LogP) is 14.4. The number of rotatable bonds is 8. The third-order valence-electron chi connectivity index (χ3n) is 13.1. The summed E-state index contributed by atoms with van der Waals surface area (Å²) in [5.41, 5.74) is 18.1. The minimum Gasteiger partial charge on any atom is -0.310 e.